The van der Waals surface area contributed by atoms with Gasteiger partial charge in [0.2, 0.25) is 0 Å². The number of methoxy groups -OCH3 is 1. The number of nitrogens with zero attached hydrogens (tertiary/aromatic N) is 1. The van der Waals surface area contributed by atoms with E-state index in [0.717, 1.165) is 5.69 Å². The number of carboxylic acids is 1. The molecule has 1 heterocycles. The average Bonchev–Trinajstić information content (AvgIpc) is 3.12. The molecule has 1 aromatic heterocycles. The average molecular weight is 364 g/mol. The number of amides is 1. The number of hydrogen-bond donors (Lipinski definition) is 2. The molecule has 2 aromatic rings. The summed E-state index contributed by atoms with van der Waals surface area (Å²) >= 11 is 1.50. The van der Waals surface area contributed by atoms with Crippen LogP contribution in [0.3, 0.4) is 0 Å². The van der Waals surface area contributed by atoms with Gasteiger partial charge in [0, 0.05) is 23.9 Å². The fraction of sp³-hybridized carbons (Fsp3) is 0.353. The minimum Gasteiger partial charge on any atom is -0.493 e. The second-order valence-corrected chi connectivity index (χ2v) is 5.96. The Hall–Kier alpha value is -2.61. The zero-order valence-electron chi connectivity index (χ0n) is 13.9. The van der Waals surface area contributed by atoms with Crippen LogP contribution in [0.15, 0.2) is 29.1 Å². The summed E-state index contributed by atoms with van der Waals surface area (Å²) in [7, 11) is 1.51. The lowest BCUT2D eigenvalue weighted by Crippen LogP contribution is -2.24. The summed E-state index contributed by atoms with van der Waals surface area (Å²) in [4.78, 5) is 26.7. The van der Waals surface area contributed by atoms with Gasteiger partial charge in [-0.25, -0.2) is 4.98 Å². The number of carboxylic acid groups (broad SMARTS) is 1. The lowest BCUT2D eigenvalue weighted by atomic mass is 10.1. The number of benzene rings is 1. The van der Waals surface area contributed by atoms with Crippen LogP contribution in [0.2, 0.25) is 0 Å². The largest absolute Gasteiger partial charge is 0.493 e. The van der Waals surface area contributed by atoms with E-state index in [0.29, 0.717) is 43.1 Å². The van der Waals surface area contributed by atoms with Gasteiger partial charge in [-0.15, -0.1) is 11.3 Å². The van der Waals surface area contributed by atoms with E-state index in [4.69, 9.17) is 14.6 Å². The maximum atomic E-state index is 12.1. The quantitative estimate of drug-likeness (QED) is 0.629. The van der Waals surface area contributed by atoms with Gasteiger partial charge in [0.05, 0.1) is 18.3 Å². The maximum Gasteiger partial charge on any atom is 0.303 e. The van der Waals surface area contributed by atoms with Gasteiger partial charge < -0.3 is 19.9 Å². The SMILES string of the molecule is COc1cc(C(=O)NCCCCC(=O)O)ccc1OCc1cscn1. The molecule has 8 heteroatoms. The number of hydrogen-bond acceptors (Lipinski definition) is 6. The van der Waals surface area contributed by atoms with Crippen molar-refractivity contribution < 1.29 is 24.2 Å². The van der Waals surface area contributed by atoms with E-state index in [2.05, 4.69) is 10.3 Å². The third-order valence-electron chi connectivity index (χ3n) is 3.39. The summed E-state index contributed by atoms with van der Waals surface area (Å²) in [5.74, 6) is -0.0637. The highest BCUT2D eigenvalue weighted by atomic mass is 32.1. The van der Waals surface area contributed by atoms with Crippen molar-refractivity contribution in [3.05, 3.63) is 40.3 Å². The summed E-state index contributed by atoms with van der Waals surface area (Å²) in [5.41, 5.74) is 3.02. The van der Waals surface area contributed by atoms with Crippen LogP contribution in [0, 0.1) is 0 Å². The standard InChI is InChI=1S/C17H20N2O5S/c1-23-15-8-12(17(22)18-7-3-2-4-16(20)21)5-6-14(15)24-9-13-10-25-11-19-13/h5-6,8,10-11H,2-4,7,9H2,1H3,(H,18,22)(H,20,21). The number of aromatic nitrogens is 1. The highest BCUT2D eigenvalue weighted by Crippen LogP contribution is 2.28. The van der Waals surface area contributed by atoms with Gasteiger partial charge in [-0.1, -0.05) is 0 Å². The molecule has 0 fully saturated rings. The molecule has 1 aromatic carbocycles. The number of carbonyl (C=O) groups is 2. The van der Waals surface area contributed by atoms with Crippen LogP contribution in [0.5, 0.6) is 11.5 Å². The first-order valence-electron chi connectivity index (χ1n) is 7.78. The molecule has 1 amide bonds. The van der Waals surface area contributed by atoms with Crippen LogP contribution in [0.25, 0.3) is 0 Å². The van der Waals surface area contributed by atoms with Crippen LogP contribution < -0.4 is 14.8 Å². The van der Waals surface area contributed by atoms with E-state index >= 15 is 0 Å². The Morgan fingerprint density at radius 2 is 2.12 bits per heavy atom. The molecule has 0 aliphatic rings. The lowest BCUT2D eigenvalue weighted by Gasteiger charge is -2.11. The molecule has 0 spiro atoms. The Morgan fingerprint density at radius 3 is 2.80 bits per heavy atom. The Kier molecular flexibility index (Phi) is 7.21. The van der Waals surface area contributed by atoms with Crippen molar-refractivity contribution in [3.8, 4) is 11.5 Å². The Morgan fingerprint density at radius 1 is 1.28 bits per heavy atom. The predicted octanol–water partition coefficient (Wildman–Crippen LogP) is 2.72. The second-order valence-electron chi connectivity index (χ2n) is 5.24. The van der Waals surface area contributed by atoms with Crippen LogP contribution in [-0.2, 0) is 11.4 Å². The lowest BCUT2D eigenvalue weighted by molar-refractivity contribution is -0.137. The van der Waals surface area contributed by atoms with Gasteiger partial charge >= 0.3 is 5.97 Å². The normalized spacial score (nSPS) is 10.3. The molecule has 0 radical (unpaired) electrons. The highest BCUT2D eigenvalue weighted by molar-refractivity contribution is 7.07. The van der Waals surface area contributed by atoms with Crippen molar-refractivity contribution in [2.75, 3.05) is 13.7 Å². The molecule has 134 valence electrons. The molecular weight excluding hydrogens is 344 g/mol. The molecule has 0 aliphatic heterocycles. The molecule has 0 atom stereocenters. The van der Waals surface area contributed by atoms with E-state index in [1.54, 1.807) is 23.7 Å². The second kappa shape index (κ2) is 9.63. The topological polar surface area (TPSA) is 97.8 Å². The van der Waals surface area contributed by atoms with Crippen molar-refractivity contribution in [3.63, 3.8) is 0 Å². The van der Waals surface area contributed by atoms with Crippen LogP contribution in [0.1, 0.15) is 35.3 Å². The minimum atomic E-state index is -0.829. The van der Waals surface area contributed by atoms with E-state index in [9.17, 15) is 9.59 Å². The molecule has 2 N–H and O–H groups in total. The van der Waals surface area contributed by atoms with E-state index < -0.39 is 5.97 Å². The summed E-state index contributed by atoms with van der Waals surface area (Å²) in [6, 6.07) is 4.96. The molecule has 25 heavy (non-hydrogen) atoms. The minimum absolute atomic E-state index is 0.106. The molecule has 2 rings (SSSR count). The van der Waals surface area contributed by atoms with Crippen molar-refractivity contribution in [2.24, 2.45) is 0 Å². The van der Waals surface area contributed by atoms with Crippen LogP contribution in [-0.4, -0.2) is 35.6 Å². The van der Waals surface area contributed by atoms with Gasteiger partial charge in [0.25, 0.3) is 5.91 Å². The van der Waals surface area contributed by atoms with Gasteiger partial charge in [-0.05, 0) is 31.0 Å². The van der Waals surface area contributed by atoms with Crippen molar-refractivity contribution in [1.82, 2.24) is 10.3 Å². The molecule has 0 aliphatic carbocycles. The Bertz CT molecular complexity index is 703. The number of unbranched alkanes of at least 4 members (excludes halogenated alkanes) is 1. The zero-order chi connectivity index (χ0) is 18.1. The van der Waals surface area contributed by atoms with Gasteiger partial charge in [-0.2, -0.15) is 0 Å². The number of rotatable bonds is 10. The molecule has 0 saturated carbocycles. The monoisotopic (exact) mass is 364 g/mol. The number of ether oxygens (including phenoxy) is 2. The molecular formula is C17H20N2O5S. The summed E-state index contributed by atoms with van der Waals surface area (Å²) in [6.07, 6.45) is 1.25. The Balaban J connectivity index is 1.88. The Labute approximate surface area is 149 Å². The molecule has 0 bridgehead atoms. The number of carbonyl (C=O) groups excluding carboxylic acids is 1. The zero-order valence-corrected chi connectivity index (χ0v) is 14.7. The van der Waals surface area contributed by atoms with E-state index in [1.807, 2.05) is 5.38 Å². The van der Waals surface area contributed by atoms with E-state index in [-0.39, 0.29) is 12.3 Å². The summed E-state index contributed by atoms with van der Waals surface area (Å²) in [6.45, 7) is 0.755. The third-order valence-corrected chi connectivity index (χ3v) is 4.02. The number of aliphatic carboxylic acids is 1. The van der Waals surface area contributed by atoms with Gasteiger partial charge in [0.1, 0.15) is 6.61 Å². The number of thiazole rings is 1. The highest BCUT2D eigenvalue weighted by Gasteiger charge is 2.11. The van der Waals surface area contributed by atoms with Gasteiger partial charge in [-0.3, -0.25) is 9.59 Å². The first kappa shape index (κ1) is 18.7. The smallest absolute Gasteiger partial charge is 0.303 e. The fourth-order valence-corrected chi connectivity index (χ4v) is 2.64. The van der Waals surface area contributed by atoms with E-state index in [1.165, 1.54) is 18.4 Å². The first-order chi connectivity index (χ1) is 12.1. The fourth-order valence-electron chi connectivity index (χ4n) is 2.09. The third kappa shape index (κ3) is 6.07. The molecule has 0 unspecified atom stereocenters. The maximum absolute atomic E-state index is 12.1. The van der Waals surface area contributed by atoms with Gasteiger partial charge in [0.15, 0.2) is 11.5 Å². The molecule has 7 nitrogen and oxygen atoms in total. The first-order valence-corrected chi connectivity index (χ1v) is 8.72. The van der Waals surface area contributed by atoms with Crippen molar-refractivity contribution in [1.29, 1.82) is 0 Å². The van der Waals surface area contributed by atoms with Crippen molar-refractivity contribution >= 4 is 23.2 Å². The summed E-state index contributed by atoms with van der Waals surface area (Å²) < 4.78 is 11.0. The van der Waals surface area contributed by atoms with Crippen LogP contribution in [0.4, 0.5) is 0 Å². The predicted molar refractivity (Wildman–Crippen MR) is 93.3 cm³/mol. The van der Waals surface area contributed by atoms with Crippen LogP contribution >= 0.6 is 11.3 Å². The van der Waals surface area contributed by atoms with Crippen molar-refractivity contribution in [2.45, 2.75) is 25.9 Å². The number of nitrogens with one attached hydrogen (secondary N) is 1. The molecule has 0 saturated heterocycles. The summed E-state index contributed by atoms with van der Waals surface area (Å²) in [5, 5.41) is 13.2.